The van der Waals surface area contributed by atoms with Crippen molar-refractivity contribution in [2.45, 2.75) is 9.92 Å². The summed E-state index contributed by atoms with van der Waals surface area (Å²) >= 11 is 13.3. The van der Waals surface area contributed by atoms with Gasteiger partial charge in [0.25, 0.3) is 0 Å². The molecule has 80 valence electrons. The number of nitrogens with zero attached hydrogens (tertiary/aromatic N) is 2. The summed E-state index contributed by atoms with van der Waals surface area (Å²) in [7, 11) is 0. The van der Waals surface area contributed by atoms with Crippen LogP contribution >= 0.6 is 35.0 Å². The fraction of sp³-hybridized carbons (Fsp3) is 0. The molecule has 0 aliphatic rings. The fourth-order valence-electron chi connectivity index (χ4n) is 1.20. The van der Waals surface area contributed by atoms with Crippen LogP contribution in [0.4, 0.5) is 0 Å². The van der Waals surface area contributed by atoms with Crippen molar-refractivity contribution in [2.24, 2.45) is 0 Å². The first kappa shape index (κ1) is 11.4. The molecule has 1 aromatic carbocycles. The van der Waals surface area contributed by atoms with Gasteiger partial charge in [-0.15, -0.1) is 0 Å². The minimum atomic E-state index is 0.625. The van der Waals surface area contributed by atoms with Gasteiger partial charge in [0.1, 0.15) is 0 Å². The average Bonchev–Trinajstić information content (AvgIpc) is 2.71. The standard InChI is InChI=1S/C11H6Cl2N2S/c12-8-3-4-9(13)10(6-8)16-11-2-1-5-15(11)7-14/h1-6H. The molecule has 0 saturated heterocycles. The molecule has 0 unspecified atom stereocenters. The lowest BCUT2D eigenvalue weighted by molar-refractivity contribution is 0.975. The number of nitriles is 1. The first-order valence-corrected chi connectivity index (χ1v) is 5.98. The zero-order chi connectivity index (χ0) is 11.5. The Morgan fingerprint density at radius 3 is 2.81 bits per heavy atom. The Bertz CT molecular complexity index is 557. The van der Waals surface area contributed by atoms with E-state index in [1.807, 2.05) is 18.3 Å². The molecule has 0 bridgehead atoms. The number of rotatable bonds is 2. The lowest BCUT2D eigenvalue weighted by Crippen LogP contribution is -1.87. The van der Waals surface area contributed by atoms with Gasteiger partial charge in [0.05, 0.1) is 10.0 Å². The molecule has 0 aliphatic carbocycles. The van der Waals surface area contributed by atoms with Crippen LogP contribution in [-0.4, -0.2) is 4.57 Å². The molecule has 0 amide bonds. The zero-order valence-corrected chi connectivity index (χ0v) is 10.4. The number of hydrogen-bond acceptors (Lipinski definition) is 2. The SMILES string of the molecule is N#Cn1cccc1Sc1cc(Cl)ccc1Cl. The molecule has 0 fully saturated rings. The van der Waals surface area contributed by atoms with E-state index >= 15 is 0 Å². The Kier molecular flexibility index (Phi) is 3.45. The third-order valence-electron chi connectivity index (χ3n) is 1.93. The second kappa shape index (κ2) is 4.84. The summed E-state index contributed by atoms with van der Waals surface area (Å²) in [6.07, 6.45) is 3.74. The van der Waals surface area contributed by atoms with E-state index in [0.717, 1.165) is 9.92 Å². The van der Waals surface area contributed by atoms with Crippen LogP contribution in [0.2, 0.25) is 10.0 Å². The smallest absolute Gasteiger partial charge is 0.189 e. The lowest BCUT2D eigenvalue weighted by Gasteiger charge is -2.04. The third-order valence-corrected chi connectivity index (χ3v) is 3.70. The predicted octanol–water partition coefficient (Wildman–Crippen LogP) is 4.28. The van der Waals surface area contributed by atoms with Crippen molar-refractivity contribution in [3.8, 4) is 6.19 Å². The summed E-state index contributed by atoms with van der Waals surface area (Å²) in [5, 5.41) is 10.9. The van der Waals surface area contributed by atoms with Crippen molar-refractivity contribution in [1.29, 1.82) is 5.26 Å². The van der Waals surface area contributed by atoms with Crippen molar-refractivity contribution >= 4 is 35.0 Å². The second-order valence-electron chi connectivity index (χ2n) is 2.99. The maximum absolute atomic E-state index is 8.85. The van der Waals surface area contributed by atoms with Crippen LogP contribution < -0.4 is 0 Å². The van der Waals surface area contributed by atoms with Crippen molar-refractivity contribution in [2.75, 3.05) is 0 Å². The summed E-state index contributed by atoms with van der Waals surface area (Å²) in [5.41, 5.74) is 0. The van der Waals surface area contributed by atoms with E-state index in [4.69, 9.17) is 28.5 Å². The van der Waals surface area contributed by atoms with Gasteiger partial charge in [-0.1, -0.05) is 35.0 Å². The van der Waals surface area contributed by atoms with E-state index in [9.17, 15) is 0 Å². The minimum absolute atomic E-state index is 0.625. The largest absolute Gasteiger partial charge is 0.249 e. The average molecular weight is 269 g/mol. The molecule has 2 rings (SSSR count). The van der Waals surface area contributed by atoms with Crippen LogP contribution in [0.1, 0.15) is 0 Å². The molecule has 0 N–H and O–H groups in total. The lowest BCUT2D eigenvalue weighted by atomic mass is 10.4. The maximum Gasteiger partial charge on any atom is 0.189 e. The van der Waals surface area contributed by atoms with E-state index in [1.165, 1.54) is 16.3 Å². The van der Waals surface area contributed by atoms with Crippen LogP contribution in [0.3, 0.4) is 0 Å². The second-order valence-corrected chi connectivity index (χ2v) is 4.90. The molecule has 1 aromatic heterocycles. The van der Waals surface area contributed by atoms with Crippen molar-refractivity contribution in [3.05, 3.63) is 46.6 Å². The summed E-state index contributed by atoms with van der Waals surface area (Å²) in [6, 6.07) is 8.92. The van der Waals surface area contributed by atoms with Crippen LogP contribution in [0.25, 0.3) is 0 Å². The minimum Gasteiger partial charge on any atom is -0.249 e. The molecule has 2 nitrogen and oxygen atoms in total. The van der Waals surface area contributed by atoms with E-state index in [0.29, 0.717) is 10.0 Å². The molecule has 0 atom stereocenters. The van der Waals surface area contributed by atoms with Crippen molar-refractivity contribution in [3.63, 3.8) is 0 Å². The van der Waals surface area contributed by atoms with Crippen molar-refractivity contribution < 1.29 is 0 Å². The van der Waals surface area contributed by atoms with Crippen LogP contribution in [0.5, 0.6) is 0 Å². The Morgan fingerprint density at radius 1 is 1.25 bits per heavy atom. The Balaban J connectivity index is 2.34. The van der Waals surface area contributed by atoms with Gasteiger partial charge < -0.3 is 0 Å². The number of hydrogen-bond donors (Lipinski definition) is 0. The number of aromatic nitrogens is 1. The monoisotopic (exact) mass is 268 g/mol. The Labute approximate surface area is 107 Å². The Morgan fingerprint density at radius 2 is 2.06 bits per heavy atom. The molecule has 0 aliphatic heterocycles. The molecule has 0 radical (unpaired) electrons. The normalized spacial score (nSPS) is 10.1. The van der Waals surface area contributed by atoms with Gasteiger partial charge >= 0.3 is 0 Å². The topological polar surface area (TPSA) is 28.7 Å². The van der Waals surface area contributed by atoms with E-state index < -0.39 is 0 Å². The summed E-state index contributed by atoms with van der Waals surface area (Å²) < 4.78 is 1.47. The van der Waals surface area contributed by atoms with Crippen LogP contribution in [0.15, 0.2) is 46.5 Å². The summed E-state index contributed by atoms with van der Waals surface area (Å²) in [5.74, 6) is 0. The number of benzene rings is 1. The molecular weight excluding hydrogens is 263 g/mol. The van der Waals surface area contributed by atoms with E-state index in [-0.39, 0.29) is 0 Å². The molecule has 2 aromatic rings. The highest BCUT2D eigenvalue weighted by Crippen LogP contribution is 2.34. The van der Waals surface area contributed by atoms with Crippen molar-refractivity contribution in [1.82, 2.24) is 4.57 Å². The van der Waals surface area contributed by atoms with Gasteiger partial charge in [-0.3, -0.25) is 0 Å². The highest BCUT2D eigenvalue weighted by molar-refractivity contribution is 7.99. The molecule has 16 heavy (non-hydrogen) atoms. The molecular formula is C11H6Cl2N2S. The fourth-order valence-corrected chi connectivity index (χ4v) is 2.59. The van der Waals surface area contributed by atoms with Gasteiger partial charge in [0.15, 0.2) is 6.19 Å². The third kappa shape index (κ3) is 2.35. The Hall–Kier alpha value is -1.08. The predicted molar refractivity (Wildman–Crippen MR) is 66.0 cm³/mol. The quantitative estimate of drug-likeness (QED) is 0.814. The maximum atomic E-state index is 8.85. The molecule has 1 heterocycles. The molecule has 5 heteroatoms. The first-order chi connectivity index (χ1) is 7.70. The highest BCUT2D eigenvalue weighted by atomic mass is 35.5. The van der Waals surface area contributed by atoms with Gasteiger partial charge in [-0.05, 0) is 30.3 Å². The summed E-state index contributed by atoms with van der Waals surface area (Å²) in [6.45, 7) is 0. The first-order valence-electron chi connectivity index (χ1n) is 4.41. The van der Waals surface area contributed by atoms with E-state index in [1.54, 1.807) is 24.4 Å². The summed E-state index contributed by atoms with van der Waals surface area (Å²) in [4.78, 5) is 0.837. The van der Waals surface area contributed by atoms with Gasteiger partial charge in [-0.25, -0.2) is 4.57 Å². The van der Waals surface area contributed by atoms with Gasteiger partial charge in [-0.2, -0.15) is 5.26 Å². The number of halogens is 2. The van der Waals surface area contributed by atoms with Gasteiger partial charge in [0.2, 0.25) is 0 Å². The molecule has 0 spiro atoms. The van der Waals surface area contributed by atoms with E-state index in [2.05, 4.69) is 0 Å². The van der Waals surface area contributed by atoms with Gasteiger partial charge in [0, 0.05) is 16.1 Å². The molecule has 0 saturated carbocycles. The zero-order valence-electron chi connectivity index (χ0n) is 8.02. The highest BCUT2D eigenvalue weighted by Gasteiger charge is 2.07. The van der Waals surface area contributed by atoms with Crippen LogP contribution in [0, 0.1) is 11.5 Å². The van der Waals surface area contributed by atoms with Crippen LogP contribution in [-0.2, 0) is 0 Å².